The molecule has 8 nitrogen and oxygen atoms in total. The van der Waals surface area contributed by atoms with E-state index in [4.69, 9.17) is 9.47 Å². The highest BCUT2D eigenvalue weighted by molar-refractivity contribution is 5.70. The van der Waals surface area contributed by atoms with Gasteiger partial charge in [0.1, 0.15) is 0 Å². The molecule has 0 unspecified atom stereocenters. The van der Waals surface area contributed by atoms with Gasteiger partial charge in [-0.3, -0.25) is 20.2 Å². The van der Waals surface area contributed by atoms with E-state index in [0.29, 0.717) is 6.20 Å². The van der Waals surface area contributed by atoms with Gasteiger partial charge >= 0.3 is 5.69 Å². The van der Waals surface area contributed by atoms with Gasteiger partial charge in [-0.05, 0) is 12.1 Å². The molecule has 0 bridgehead atoms. The Labute approximate surface area is 102 Å². The van der Waals surface area contributed by atoms with Crippen molar-refractivity contribution >= 4 is 11.8 Å². The van der Waals surface area contributed by atoms with E-state index in [1.54, 1.807) is 0 Å². The maximum absolute atomic E-state index is 11.0. The molecule has 0 N–H and O–H groups in total. The minimum absolute atomic E-state index is 0.0642. The highest BCUT2D eigenvalue weighted by atomic mass is 16.6. The second-order valence-electron chi connectivity index (χ2n) is 3.10. The van der Waals surface area contributed by atoms with Gasteiger partial charge < -0.3 is 9.47 Å². The number of nitrogens with zero attached hydrogens (tertiary/aromatic N) is 2. The summed E-state index contributed by atoms with van der Waals surface area (Å²) in [6, 6.07) is 2.78. The molecule has 0 aliphatic rings. The van der Waals surface area contributed by atoms with Gasteiger partial charge in [0.2, 0.25) is 11.9 Å². The third-order valence-corrected chi connectivity index (χ3v) is 2.11. The first-order valence-electron chi connectivity index (χ1n) is 4.72. The Morgan fingerprint density at radius 1 is 1.17 bits per heavy atom. The zero-order valence-electron chi connectivity index (χ0n) is 9.65. The van der Waals surface area contributed by atoms with Crippen LogP contribution in [0.4, 0.5) is 5.69 Å². The minimum Gasteiger partial charge on any atom is -0.493 e. The summed E-state index contributed by atoms with van der Waals surface area (Å²) in [4.78, 5) is 19.8. The van der Waals surface area contributed by atoms with Crippen LogP contribution in [0.2, 0.25) is 0 Å². The molecule has 1 aromatic rings. The third kappa shape index (κ3) is 2.73. The smallest absolute Gasteiger partial charge is 0.322 e. The number of hydrogen-bond donors (Lipinski definition) is 0. The van der Waals surface area contributed by atoms with E-state index in [2.05, 4.69) is 0 Å². The van der Waals surface area contributed by atoms with Gasteiger partial charge in [0, 0.05) is 6.08 Å². The molecule has 0 aromatic heterocycles. The van der Waals surface area contributed by atoms with Gasteiger partial charge in [0.05, 0.1) is 29.6 Å². The highest BCUT2D eigenvalue weighted by Crippen LogP contribution is 2.39. The molecule has 0 saturated heterocycles. The molecule has 0 spiro atoms. The predicted molar refractivity (Wildman–Crippen MR) is 62.2 cm³/mol. The van der Waals surface area contributed by atoms with Crippen LogP contribution in [0.15, 0.2) is 18.3 Å². The van der Waals surface area contributed by atoms with Crippen LogP contribution in [0.5, 0.6) is 11.5 Å². The van der Waals surface area contributed by atoms with Gasteiger partial charge in [0.25, 0.3) is 0 Å². The number of hydrogen-bond acceptors (Lipinski definition) is 6. The average molecular weight is 254 g/mol. The standard InChI is InChI=1S/C10H10N2O6/c1-17-8-4-3-7(5-6-11(13)14)9(12(15)16)10(8)18-2/h3-6H,1-2H3/b6-5+. The second kappa shape index (κ2) is 5.62. The monoisotopic (exact) mass is 254 g/mol. The molecule has 0 saturated carbocycles. The SMILES string of the molecule is COc1ccc(/C=C/[N+](=O)[O-])c([N+](=O)[O-])c1OC. The Morgan fingerprint density at radius 2 is 1.83 bits per heavy atom. The van der Waals surface area contributed by atoms with E-state index < -0.39 is 9.85 Å². The van der Waals surface area contributed by atoms with Gasteiger partial charge in [-0.1, -0.05) is 0 Å². The van der Waals surface area contributed by atoms with Gasteiger partial charge in [-0.25, -0.2) is 0 Å². The van der Waals surface area contributed by atoms with Crippen LogP contribution in [-0.2, 0) is 0 Å². The van der Waals surface area contributed by atoms with Crippen LogP contribution in [0.25, 0.3) is 6.08 Å². The fraction of sp³-hybridized carbons (Fsp3) is 0.200. The lowest BCUT2D eigenvalue weighted by Crippen LogP contribution is -1.99. The first-order valence-corrected chi connectivity index (χ1v) is 4.72. The number of nitro groups is 2. The van der Waals surface area contributed by atoms with Crippen molar-refractivity contribution < 1.29 is 19.3 Å². The minimum atomic E-state index is -0.708. The van der Waals surface area contributed by atoms with Crippen LogP contribution in [0, 0.1) is 20.2 Å². The Bertz CT molecular complexity index is 511. The maximum Gasteiger partial charge on any atom is 0.322 e. The Balaban J connectivity index is 3.44. The normalized spacial score (nSPS) is 10.3. The molecule has 96 valence electrons. The molecule has 0 aliphatic heterocycles. The van der Waals surface area contributed by atoms with Crippen LogP contribution in [-0.4, -0.2) is 24.1 Å². The van der Waals surface area contributed by atoms with Crippen molar-refractivity contribution in [1.29, 1.82) is 0 Å². The summed E-state index contributed by atoms with van der Waals surface area (Å²) in [6.45, 7) is 0. The van der Waals surface area contributed by atoms with Crippen LogP contribution in [0.3, 0.4) is 0 Å². The molecule has 0 atom stereocenters. The molecular formula is C10H10N2O6. The van der Waals surface area contributed by atoms with Crippen molar-refractivity contribution in [2.24, 2.45) is 0 Å². The summed E-state index contributed by atoms with van der Waals surface area (Å²) in [5, 5.41) is 21.2. The number of ether oxygens (including phenoxy) is 2. The zero-order chi connectivity index (χ0) is 13.7. The summed E-state index contributed by atoms with van der Waals surface area (Å²) in [6.07, 6.45) is 1.65. The Kier molecular flexibility index (Phi) is 4.19. The van der Waals surface area contributed by atoms with Crippen molar-refractivity contribution in [2.45, 2.75) is 0 Å². The molecule has 0 aliphatic carbocycles. The summed E-state index contributed by atoms with van der Waals surface area (Å²) >= 11 is 0. The van der Waals surface area contributed by atoms with Crippen molar-refractivity contribution in [2.75, 3.05) is 14.2 Å². The topological polar surface area (TPSA) is 105 Å². The quantitative estimate of drug-likeness (QED) is 0.586. The number of rotatable bonds is 5. The molecule has 1 aromatic carbocycles. The molecule has 0 amide bonds. The number of benzene rings is 1. The first kappa shape index (κ1) is 13.4. The van der Waals surface area contributed by atoms with Crippen molar-refractivity contribution in [3.8, 4) is 11.5 Å². The molecule has 8 heteroatoms. The van der Waals surface area contributed by atoms with Crippen LogP contribution in [0.1, 0.15) is 5.56 Å². The molecule has 1 rings (SSSR count). The van der Waals surface area contributed by atoms with Crippen LogP contribution < -0.4 is 9.47 Å². The second-order valence-corrected chi connectivity index (χ2v) is 3.10. The summed E-state index contributed by atoms with van der Waals surface area (Å²) in [5.41, 5.74) is -0.315. The largest absolute Gasteiger partial charge is 0.493 e. The van der Waals surface area contributed by atoms with Crippen molar-refractivity contribution in [3.63, 3.8) is 0 Å². The number of nitro benzene ring substituents is 1. The Hall–Kier alpha value is -2.64. The molecule has 0 fully saturated rings. The lowest BCUT2D eigenvalue weighted by atomic mass is 10.1. The van der Waals surface area contributed by atoms with Gasteiger partial charge in [0.15, 0.2) is 5.75 Å². The van der Waals surface area contributed by atoms with Crippen molar-refractivity contribution in [1.82, 2.24) is 0 Å². The van der Waals surface area contributed by atoms with E-state index in [0.717, 1.165) is 6.08 Å². The lowest BCUT2D eigenvalue weighted by molar-refractivity contribution is -0.401. The van der Waals surface area contributed by atoms with E-state index in [-0.39, 0.29) is 22.7 Å². The van der Waals surface area contributed by atoms with E-state index in [9.17, 15) is 20.2 Å². The Morgan fingerprint density at radius 3 is 2.28 bits per heavy atom. The highest BCUT2D eigenvalue weighted by Gasteiger charge is 2.24. The lowest BCUT2D eigenvalue weighted by Gasteiger charge is -2.08. The van der Waals surface area contributed by atoms with E-state index in [1.165, 1.54) is 26.4 Å². The zero-order valence-corrected chi connectivity index (χ0v) is 9.65. The first-order chi connectivity index (χ1) is 8.51. The van der Waals surface area contributed by atoms with Gasteiger partial charge in [-0.2, -0.15) is 0 Å². The predicted octanol–water partition coefficient (Wildman–Crippen LogP) is 1.86. The average Bonchev–Trinajstić information content (AvgIpc) is 2.34. The van der Waals surface area contributed by atoms with Crippen LogP contribution >= 0.6 is 0 Å². The summed E-state index contributed by atoms with van der Waals surface area (Å²) in [5.74, 6) is 0.107. The maximum atomic E-state index is 11.0. The van der Waals surface area contributed by atoms with Gasteiger partial charge in [-0.15, -0.1) is 0 Å². The summed E-state index contributed by atoms with van der Waals surface area (Å²) in [7, 11) is 2.60. The van der Waals surface area contributed by atoms with E-state index >= 15 is 0 Å². The molecule has 18 heavy (non-hydrogen) atoms. The molecular weight excluding hydrogens is 244 g/mol. The molecule has 0 radical (unpaired) electrons. The molecule has 0 heterocycles. The summed E-state index contributed by atoms with van der Waals surface area (Å²) < 4.78 is 9.83. The third-order valence-electron chi connectivity index (χ3n) is 2.11. The fourth-order valence-electron chi connectivity index (χ4n) is 1.39. The number of methoxy groups -OCH3 is 2. The van der Waals surface area contributed by atoms with E-state index in [1.807, 2.05) is 0 Å². The fourth-order valence-corrected chi connectivity index (χ4v) is 1.39. The van der Waals surface area contributed by atoms with Crippen molar-refractivity contribution in [3.05, 3.63) is 44.1 Å².